The van der Waals surface area contributed by atoms with Crippen LogP contribution in [0.4, 0.5) is 0 Å². The fourth-order valence-electron chi connectivity index (χ4n) is 2.57. The molecule has 0 fully saturated rings. The van der Waals surface area contributed by atoms with E-state index < -0.39 is 0 Å². The molecule has 0 N–H and O–H groups in total. The van der Waals surface area contributed by atoms with Gasteiger partial charge < -0.3 is 9.47 Å². The molecule has 7 heteroatoms. The minimum Gasteiger partial charge on any atom is -0.329 e. The number of thiophene rings is 1. The van der Waals surface area contributed by atoms with Crippen LogP contribution in [0.1, 0.15) is 21.1 Å². The van der Waals surface area contributed by atoms with Gasteiger partial charge in [0.25, 0.3) is 5.91 Å². The summed E-state index contributed by atoms with van der Waals surface area (Å²) in [5.41, 5.74) is 1.01. The van der Waals surface area contributed by atoms with Crippen LogP contribution in [-0.4, -0.2) is 26.9 Å². The summed E-state index contributed by atoms with van der Waals surface area (Å²) in [6.07, 6.45) is 5.34. The van der Waals surface area contributed by atoms with Crippen LogP contribution < -0.4 is 0 Å². The molecule has 26 heavy (non-hydrogen) atoms. The number of hydrogen-bond donors (Lipinski definition) is 0. The summed E-state index contributed by atoms with van der Waals surface area (Å²) in [4.78, 5) is 19.5. The quantitative estimate of drug-likeness (QED) is 0.511. The normalized spacial score (nSPS) is 10.7. The Hall–Kier alpha value is -2.08. The Morgan fingerprint density at radius 2 is 2.15 bits per heavy atom. The van der Waals surface area contributed by atoms with Crippen molar-refractivity contribution in [2.24, 2.45) is 0 Å². The Bertz CT molecular complexity index is 905. The molecule has 2 aromatic heterocycles. The lowest BCUT2D eigenvalue weighted by Gasteiger charge is -2.21. The topological polar surface area (TPSA) is 38.1 Å². The Morgan fingerprint density at radius 1 is 1.31 bits per heavy atom. The van der Waals surface area contributed by atoms with E-state index in [1.807, 2.05) is 40.4 Å². The molecule has 0 spiro atoms. The Kier molecular flexibility index (Phi) is 6.14. The fourth-order valence-corrected chi connectivity index (χ4v) is 3.58. The highest BCUT2D eigenvalue weighted by atomic mass is 35.5. The molecule has 0 aliphatic heterocycles. The van der Waals surface area contributed by atoms with Crippen molar-refractivity contribution in [3.8, 4) is 0 Å². The molecule has 1 aromatic carbocycles. The lowest BCUT2D eigenvalue weighted by molar-refractivity contribution is 0.0762. The van der Waals surface area contributed by atoms with Crippen LogP contribution in [0.15, 0.2) is 60.8 Å². The van der Waals surface area contributed by atoms with E-state index in [1.54, 1.807) is 23.2 Å². The summed E-state index contributed by atoms with van der Waals surface area (Å²) in [6.45, 7) is 5.21. The zero-order valence-corrected chi connectivity index (χ0v) is 16.3. The number of amides is 1. The van der Waals surface area contributed by atoms with Crippen molar-refractivity contribution in [2.45, 2.75) is 13.1 Å². The molecule has 2 heterocycles. The molecule has 0 bridgehead atoms. The minimum atomic E-state index is -0.0241. The fraction of sp³-hybridized carbons (Fsp3) is 0.158. The van der Waals surface area contributed by atoms with Crippen LogP contribution in [-0.2, 0) is 13.1 Å². The molecule has 1 amide bonds. The molecule has 0 unspecified atom stereocenters. The van der Waals surface area contributed by atoms with Gasteiger partial charge in [-0.25, -0.2) is 4.98 Å². The molecule has 0 atom stereocenters. The highest BCUT2D eigenvalue weighted by molar-refractivity contribution is 7.12. The molecule has 0 aliphatic carbocycles. The van der Waals surface area contributed by atoms with Gasteiger partial charge in [0.05, 0.1) is 21.5 Å². The molecule has 3 rings (SSSR count). The zero-order valence-electron chi connectivity index (χ0n) is 13.9. The highest BCUT2D eigenvalue weighted by Gasteiger charge is 2.18. The molecule has 0 radical (unpaired) electrons. The lowest BCUT2D eigenvalue weighted by Crippen LogP contribution is -2.31. The predicted molar refractivity (Wildman–Crippen MR) is 107 cm³/mol. The van der Waals surface area contributed by atoms with Crippen LogP contribution in [0, 0.1) is 0 Å². The standard InChI is InChI=1S/C19H17Cl2N3OS/c1-2-8-24(19(25)17-4-3-10-26-17)13-18-22-7-9-23(18)12-14-5-6-15(20)16(21)11-14/h2-7,9-11H,1,8,12-13H2. The minimum absolute atomic E-state index is 0.0241. The first kappa shape index (κ1) is 18.7. The van der Waals surface area contributed by atoms with Crippen molar-refractivity contribution in [2.75, 3.05) is 6.54 Å². The predicted octanol–water partition coefficient (Wildman–Crippen LogP) is 5.13. The van der Waals surface area contributed by atoms with Crippen molar-refractivity contribution in [3.63, 3.8) is 0 Å². The third-order valence-corrected chi connectivity index (χ3v) is 5.44. The van der Waals surface area contributed by atoms with E-state index in [0.717, 1.165) is 11.4 Å². The van der Waals surface area contributed by atoms with Crippen molar-refractivity contribution >= 4 is 40.4 Å². The maximum absolute atomic E-state index is 12.7. The highest BCUT2D eigenvalue weighted by Crippen LogP contribution is 2.23. The monoisotopic (exact) mass is 405 g/mol. The van der Waals surface area contributed by atoms with Gasteiger partial charge in [-0.05, 0) is 29.1 Å². The summed E-state index contributed by atoms with van der Waals surface area (Å²) in [6, 6.07) is 9.24. The maximum atomic E-state index is 12.7. The van der Waals surface area contributed by atoms with Crippen molar-refractivity contribution in [1.82, 2.24) is 14.5 Å². The first-order valence-corrected chi connectivity index (χ1v) is 9.59. The smallest absolute Gasteiger partial charge is 0.264 e. The summed E-state index contributed by atoms with van der Waals surface area (Å²) >= 11 is 13.5. The summed E-state index contributed by atoms with van der Waals surface area (Å²) < 4.78 is 2.00. The largest absolute Gasteiger partial charge is 0.329 e. The van der Waals surface area contributed by atoms with Gasteiger partial charge in [0.1, 0.15) is 5.82 Å². The summed E-state index contributed by atoms with van der Waals surface area (Å²) in [5.74, 6) is 0.770. The van der Waals surface area contributed by atoms with Crippen molar-refractivity contribution in [1.29, 1.82) is 0 Å². The molecular weight excluding hydrogens is 389 g/mol. The number of rotatable bonds is 7. The maximum Gasteiger partial charge on any atom is 0.264 e. The summed E-state index contributed by atoms with van der Waals surface area (Å²) in [5, 5.41) is 2.94. The molecular formula is C19H17Cl2N3OS. The Labute approximate surface area is 166 Å². The molecule has 4 nitrogen and oxygen atoms in total. The summed E-state index contributed by atoms with van der Waals surface area (Å²) in [7, 11) is 0. The lowest BCUT2D eigenvalue weighted by atomic mass is 10.2. The average Bonchev–Trinajstić information content (AvgIpc) is 3.30. The van der Waals surface area contributed by atoms with Gasteiger partial charge in [0, 0.05) is 25.5 Å². The number of benzene rings is 1. The van der Waals surface area contributed by atoms with E-state index in [1.165, 1.54) is 11.3 Å². The first-order valence-electron chi connectivity index (χ1n) is 7.96. The van der Waals surface area contributed by atoms with Crippen molar-refractivity contribution < 1.29 is 4.79 Å². The Balaban J connectivity index is 1.78. The van der Waals surface area contributed by atoms with Gasteiger partial charge in [-0.1, -0.05) is 41.4 Å². The Morgan fingerprint density at radius 3 is 2.85 bits per heavy atom. The van der Waals surface area contributed by atoms with E-state index in [9.17, 15) is 4.79 Å². The SMILES string of the molecule is C=CCN(Cc1nccn1Cc1ccc(Cl)c(Cl)c1)C(=O)c1cccs1. The van der Waals surface area contributed by atoms with Gasteiger partial charge in [0.15, 0.2) is 0 Å². The average molecular weight is 406 g/mol. The first-order chi connectivity index (χ1) is 12.6. The number of imidazole rings is 1. The third-order valence-electron chi connectivity index (χ3n) is 3.84. The molecule has 0 saturated heterocycles. The van der Waals surface area contributed by atoms with Gasteiger partial charge in [-0.15, -0.1) is 17.9 Å². The number of carbonyl (C=O) groups is 1. The van der Waals surface area contributed by atoms with Gasteiger partial charge in [-0.3, -0.25) is 4.79 Å². The van der Waals surface area contributed by atoms with E-state index in [-0.39, 0.29) is 5.91 Å². The molecule has 0 aliphatic rings. The van der Waals surface area contributed by atoms with E-state index in [2.05, 4.69) is 11.6 Å². The second kappa shape index (κ2) is 8.54. The number of carbonyl (C=O) groups excluding carboxylic acids is 1. The number of hydrogen-bond acceptors (Lipinski definition) is 3. The van der Waals surface area contributed by atoms with Gasteiger partial charge in [0.2, 0.25) is 0 Å². The van der Waals surface area contributed by atoms with Crippen LogP contribution in [0.3, 0.4) is 0 Å². The molecule has 3 aromatic rings. The van der Waals surface area contributed by atoms with E-state index >= 15 is 0 Å². The molecule has 0 saturated carbocycles. The third kappa shape index (κ3) is 4.36. The second-order valence-electron chi connectivity index (χ2n) is 5.67. The van der Waals surface area contributed by atoms with Gasteiger partial charge >= 0.3 is 0 Å². The van der Waals surface area contributed by atoms with Crippen LogP contribution >= 0.6 is 34.5 Å². The van der Waals surface area contributed by atoms with Crippen LogP contribution in [0.25, 0.3) is 0 Å². The van der Waals surface area contributed by atoms with Crippen LogP contribution in [0.5, 0.6) is 0 Å². The zero-order chi connectivity index (χ0) is 18.5. The number of nitrogens with zero attached hydrogens (tertiary/aromatic N) is 3. The number of aromatic nitrogens is 2. The van der Waals surface area contributed by atoms with Crippen molar-refractivity contribution in [3.05, 3.63) is 87.1 Å². The van der Waals surface area contributed by atoms with Gasteiger partial charge in [-0.2, -0.15) is 0 Å². The van der Waals surface area contributed by atoms with Crippen LogP contribution in [0.2, 0.25) is 10.0 Å². The molecule has 134 valence electrons. The van der Waals surface area contributed by atoms with E-state index in [4.69, 9.17) is 23.2 Å². The van der Waals surface area contributed by atoms with E-state index in [0.29, 0.717) is 34.6 Å². The number of halogens is 2. The second-order valence-corrected chi connectivity index (χ2v) is 7.43.